The zero-order valence-electron chi connectivity index (χ0n) is 12.4. The van der Waals surface area contributed by atoms with Crippen molar-refractivity contribution in [2.45, 2.75) is 25.3 Å². The first kappa shape index (κ1) is 14.5. The first-order valence-corrected chi connectivity index (χ1v) is 7.59. The van der Waals surface area contributed by atoms with Crippen molar-refractivity contribution in [2.75, 3.05) is 25.0 Å². The lowest BCUT2D eigenvalue weighted by Crippen LogP contribution is -2.41. The highest BCUT2D eigenvalue weighted by molar-refractivity contribution is 5.76. The highest BCUT2D eigenvalue weighted by atomic mass is 16.2. The first-order chi connectivity index (χ1) is 10.8. The van der Waals surface area contributed by atoms with Gasteiger partial charge in [0.1, 0.15) is 0 Å². The molecule has 7 heteroatoms. The lowest BCUT2D eigenvalue weighted by Gasteiger charge is -2.33. The number of rotatable bonds is 5. The lowest BCUT2D eigenvalue weighted by molar-refractivity contribution is -0.132. The summed E-state index contributed by atoms with van der Waals surface area (Å²) in [4.78, 5) is 26.5. The standard InChI is InChI=1S/C15H20N6O/c22-14(4-7-19-15-17-5-2-6-18-15)20-9-1-3-13(11-20)21-10-8-16-12-21/h2,5-6,8,10,12-13H,1,3-4,7,9,11H2,(H,17,18,19). The monoisotopic (exact) mass is 300 g/mol. The zero-order chi connectivity index (χ0) is 15.2. The van der Waals surface area contributed by atoms with Crippen molar-refractivity contribution < 1.29 is 4.79 Å². The van der Waals surface area contributed by atoms with Crippen molar-refractivity contribution in [3.63, 3.8) is 0 Å². The van der Waals surface area contributed by atoms with Crippen LogP contribution in [-0.2, 0) is 4.79 Å². The van der Waals surface area contributed by atoms with Gasteiger partial charge in [-0.15, -0.1) is 0 Å². The average molecular weight is 300 g/mol. The quantitative estimate of drug-likeness (QED) is 0.902. The van der Waals surface area contributed by atoms with Crippen molar-refractivity contribution in [1.29, 1.82) is 0 Å². The van der Waals surface area contributed by atoms with Gasteiger partial charge in [0, 0.05) is 50.8 Å². The number of nitrogens with one attached hydrogen (secondary N) is 1. The Morgan fingerprint density at radius 3 is 2.95 bits per heavy atom. The van der Waals surface area contributed by atoms with Crippen LogP contribution in [-0.4, -0.2) is 50.0 Å². The van der Waals surface area contributed by atoms with Crippen LogP contribution in [0.4, 0.5) is 5.95 Å². The minimum absolute atomic E-state index is 0.174. The van der Waals surface area contributed by atoms with Crippen LogP contribution in [0.2, 0.25) is 0 Å². The fourth-order valence-electron chi connectivity index (χ4n) is 2.74. The maximum atomic E-state index is 12.3. The minimum atomic E-state index is 0.174. The van der Waals surface area contributed by atoms with Crippen molar-refractivity contribution in [3.8, 4) is 0 Å². The number of imidazole rings is 1. The van der Waals surface area contributed by atoms with Crippen LogP contribution in [0.5, 0.6) is 0 Å². The van der Waals surface area contributed by atoms with E-state index in [-0.39, 0.29) is 5.91 Å². The number of piperidine rings is 1. The van der Waals surface area contributed by atoms with Crippen molar-refractivity contribution >= 4 is 11.9 Å². The van der Waals surface area contributed by atoms with E-state index in [0.29, 0.717) is 25.0 Å². The normalized spacial score (nSPS) is 18.2. The van der Waals surface area contributed by atoms with Crippen molar-refractivity contribution in [2.24, 2.45) is 0 Å². The molecule has 22 heavy (non-hydrogen) atoms. The Hall–Kier alpha value is -2.44. The van der Waals surface area contributed by atoms with E-state index in [4.69, 9.17) is 0 Å². The summed E-state index contributed by atoms with van der Waals surface area (Å²) in [6.07, 6.45) is 11.5. The number of hydrogen-bond donors (Lipinski definition) is 1. The van der Waals surface area contributed by atoms with Gasteiger partial charge in [-0.2, -0.15) is 0 Å². The second-order valence-corrected chi connectivity index (χ2v) is 5.39. The molecule has 0 saturated carbocycles. The van der Waals surface area contributed by atoms with E-state index in [1.54, 1.807) is 24.7 Å². The second kappa shape index (κ2) is 7.02. The predicted octanol–water partition coefficient (Wildman–Crippen LogP) is 1.34. The summed E-state index contributed by atoms with van der Waals surface area (Å²) in [5.41, 5.74) is 0. The molecule has 3 heterocycles. The van der Waals surface area contributed by atoms with Crippen molar-refractivity contribution in [3.05, 3.63) is 37.2 Å². The largest absolute Gasteiger partial charge is 0.354 e. The summed E-state index contributed by atoms with van der Waals surface area (Å²) in [6.45, 7) is 2.15. The van der Waals surface area contributed by atoms with E-state index >= 15 is 0 Å². The highest BCUT2D eigenvalue weighted by Gasteiger charge is 2.24. The van der Waals surface area contributed by atoms with E-state index < -0.39 is 0 Å². The van der Waals surface area contributed by atoms with Crippen LogP contribution in [0.3, 0.4) is 0 Å². The lowest BCUT2D eigenvalue weighted by atomic mass is 10.1. The van der Waals surface area contributed by atoms with Crippen LogP contribution in [0.15, 0.2) is 37.2 Å². The van der Waals surface area contributed by atoms with E-state index in [2.05, 4.69) is 24.8 Å². The number of aromatic nitrogens is 4. The molecule has 1 fully saturated rings. The molecule has 0 aliphatic carbocycles. The van der Waals surface area contributed by atoms with Crippen LogP contribution in [0.25, 0.3) is 0 Å². The summed E-state index contributed by atoms with van der Waals surface area (Å²) in [5, 5.41) is 3.07. The van der Waals surface area contributed by atoms with Crippen LogP contribution in [0.1, 0.15) is 25.3 Å². The van der Waals surface area contributed by atoms with E-state index in [1.165, 1.54) is 0 Å². The Morgan fingerprint density at radius 1 is 1.32 bits per heavy atom. The molecule has 0 bridgehead atoms. The Labute approximate surface area is 129 Å². The Morgan fingerprint density at radius 2 is 2.18 bits per heavy atom. The first-order valence-electron chi connectivity index (χ1n) is 7.59. The molecule has 1 amide bonds. The molecule has 1 saturated heterocycles. The number of carbonyl (C=O) groups is 1. The Kier molecular flexibility index (Phi) is 4.62. The van der Waals surface area contributed by atoms with Gasteiger partial charge in [0.25, 0.3) is 0 Å². The molecule has 1 N–H and O–H groups in total. The van der Waals surface area contributed by atoms with E-state index in [1.807, 2.05) is 17.4 Å². The third-order valence-corrected chi connectivity index (χ3v) is 3.88. The average Bonchev–Trinajstić information content (AvgIpc) is 3.10. The zero-order valence-corrected chi connectivity index (χ0v) is 12.4. The molecule has 0 aromatic carbocycles. The smallest absolute Gasteiger partial charge is 0.224 e. The van der Waals surface area contributed by atoms with Gasteiger partial charge in [-0.3, -0.25) is 4.79 Å². The molecular weight excluding hydrogens is 280 g/mol. The van der Waals surface area contributed by atoms with E-state index in [9.17, 15) is 4.79 Å². The molecule has 7 nitrogen and oxygen atoms in total. The summed E-state index contributed by atoms with van der Waals surface area (Å²) >= 11 is 0. The minimum Gasteiger partial charge on any atom is -0.354 e. The van der Waals surface area contributed by atoms with Crippen molar-refractivity contribution in [1.82, 2.24) is 24.4 Å². The summed E-state index contributed by atoms with van der Waals surface area (Å²) in [5.74, 6) is 0.735. The number of nitrogens with zero attached hydrogens (tertiary/aromatic N) is 5. The highest BCUT2D eigenvalue weighted by Crippen LogP contribution is 2.21. The summed E-state index contributed by atoms with van der Waals surface area (Å²) < 4.78 is 2.09. The van der Waals surface area contributed by atoms with Gasteiger partial charge in [0.05, 0.1) is 12.4 Å². The molecule has 1 aliphatic heterocycles. The molecule has 0 spiro atoms. The Balaban J connectivity index is 1.47. The third-order valence-electron chi connectivity index (χ3n) is 3.88. The SMILES string of the molecule is O=C(CCNc1ncccn1)N1CCCC(n2ccnc2)C1. The maximum absolute atomic E-state index is 12.3. The van der Waals surface area contributed by atoms with Gasteiger partial charge in [-0.1, -0.05) is 0 Å². The number of amides is 1. The van der Waals surface area contributed by atoms with Crippen LogP contribution < -0.4 is 5.32 Å². The molecule has 2 aromatic rings. The molecular formula is C15H20N6O. The number of carbonyl (C=O) groups excluding carboxylic acids is 1. The molecule has 1 atom stereocenters. The number of hydrogen-bond acceptors (Lipinski definition) is 5. The van der Waals surface area contributed by atoms with Gasteiger partial charge in [-0.25, -0.2) is 15.0 Å². The number of anilines is 1. The summed E-state index contributed by atoms with van der Waals surface area (Å²) in [6, 6.07) is 2.10. The molecule has 0 radical (unpaired) electrons. The van der Waals surface area contributed by atoms with Gasteiger partial charge in [0.2, 0.25) is 11.9 Å². The molecule has 2 aromatic heterocycles. The molecule has 1 aliphatic rings. The van der Waals surface area contributed by atoms with Crippen LogP contribution >= 0.6 is 0 Å². The fourth-order valence-corrected chi connectivity index (χ4v) is 2.74. The van der Waals surface area contributed by atoms with Gasteiger partial charge < -0.3 is 14.8 Å². The summed E-state index contributed by atoms with van der Waals surface area (Å²) in [7, 11) is 0. The van der Waals surface area contributed by atoms with Crippen LogP contribution in [0, 0.1) is 0 Å². The van der Waals surface area contributed by atoms with Gasteiger partial charge in [0.15, 0.2) is 0 Å². The third kappa shape index (κ3) is 3.60. The molecule has 1 unspecified atom stereocenters. The molecule has 116 valence electrons. The number of likely N-dealkylation sites (tertiary alicyclic amines) is 1. The topological polar surface area (TPSA) is 75.9 Å². The Bertz CT molecular complexity index is 585. The van der Waals surface area contributed by atoms with Gasteiger partial charge in [-0.05, 0) is 18.9 Å². The predicted molar refractivity (Wildman–Crippen MR) is 82.2 cm³/mol. The van der Waals surface area contributed by atoms with Gasteiger partial charge >= 0.3 is 0 Å². The fraction of sp³-hybridized carbons (Fsp3) is 0.467. The molecule has 3 rings (SSSR count). The second-order valence-electron chi connectivity index (χ2n) is 5.39. The maximum Gasteiger partial charge on any atom is 0.224 e. The van der Waals surface area contributed by atoms with E-state index in [0.717, 1.165) is 25.9 Å².